The lowest BCUT2D eigenvalue weighted by Gasteiger charge is -2.49. The van der Waals surface area contributed by atoms with E-state index in [1.54, 1.807) is 11.0 Å². The number of ketones is 1. The third-order valence-corrected chi connectivity index (χ3v) is 4.63. The lowest BCUT2D eigenvalue weighted by Crippen LogP contribution is -2.71. The van der Waals surface area contributed by atoms with Crippen molar-refractivity contribution in [2.45, 2.75) is 37.5 Å². The van der Waals surface area contributed by atoms with Crippen LogP contribution in [0.15, 0.2) is 43.0 Å². The number of Topliss-reactive ketones (excluding diaryl/α,β-unsaturated/α-hetero) is 1. The Morgan fingerprint density at radius 1 is 1.35 bits per heavy atom. The fourth-order valence-electron chi connectivity index (χ4n) is 3.49. The highest BCUT2D eigenvalue weighted by atomic mass is 16.5. The summed E-state index contributed by atoms with van der Waals surface area (Å²) in [4.78, 5) is 26.0. The zero-order valence-corrected chi connectivity index (χ0v) is 12.9. The quantitative estimate of drug-likeness (QED) is 0.641. The molecule has 1 aromatic rings. The number of carbonyl (C=O) groups excluding carboxylic acids is 2. The molecule has 0 radical (unpaired) electrons. The highest BCUT2D eigenvalue weighted by Crippen LogP contribution is 2.37. The molecule has 5 nitrogen and oxygen atoms in total. The van der Waals surface area contributed by atoms with Crippen LogP contribution in [0.25, 0.3) is 0 Å². The van der Waals surface area contributed by atoms with Gasteiger partial charge in [-0.3, -0.25) is 9.59 Å². The fraction of sp³-hybridized carbons (Fsp3) is 0.444. The maximum atomic E-state index is 12.4. The second-order valence-corrected chi connectivity index (χ2v) is 6.03. The zero-order valence-electron chi connectivity index (χ0n) is 12.9. The van der Waals surface area contributed by atoms with Gasteiger partial charge in [0.2, 0.25) is 0 Å². The Morgan fingerprint density at radius 3 is 2.70 bits per heavy atom. The van der Waals surface area contributed by atoms with Gasteiger partial charge in [-0.1, -0.05) is 24.3 Å². The first-order valence-electron chi connectivity index (χ1n) is 7.96. The third-order valence-electron chi connectivity index (χ3n) is 4.63. The van der Waals surface area contributed by atoms with Crippen LogP contribution in [-0.2, 0) is 14.3 Å². The molecule has 0 bridgehead atoms. The third kappa shape index (κ3) is 2.82. The van der Waals surface area contributed by atoms with Crippen LogP contribution in [-0.4, -0.2) is 41.7 Å². The van der Waals surface area contributed by atoms with Gasteiger partial charge in [0.25, 0.3) is 5.91 Å². The van der Waals surface area contributed by atoms with Crippen LogP contribution in [0.5, 0.6) is 0 Å². The molecular weight excluding hydrogens is 294 g/mol. The van der Waals surface area contributed by atoms with Gasteiger partial charge in [-0.25, -0.2) is 0 Å². The first-order chi connectivity index (χ1) is 11.1. The Kier molecular flexibility index (Phi) is 4.59. The molecule has 0 unspecified atom stereocenters. The molecule has 122 valence electrons. The van der Waals surface area contributed by atoms with Gasteiger partial charge in [0.05, 0.1) is 18.8 Å². The van der Waals surface area contributed by atoms with E-state index in [0.29, 0.717) is 18.5 Å². The monoisotopic (exact) mass is 315 g/mol. The predicted molar refractivity (Wildman–Crippen MR) is 86.0 cm³/mol. The molecule has 3 rings (SSSR count). The summed E-state index contributed by atoms with van der Waals surface area (Å²) in [5.74, 6) is -0.519. The SMILES string of the molecule is C=CCO[C@H]1C(=O)N(c2ccccc2)[C@H]1[C@H](O)[C@H]1CCCC1=O. The van der Waals surface area contributed by atoms with E-state index in [4.69, 9.17) is 4.74 Å². The number of aliphatic hydroxyl groups excluding tert-OH is 1. The van der Waals surface area contributed by atoms with Crippen molar-refractivity contribution in [2.24, 2.45) is 5.92 Å². The van der Waals surface area contributed by atoms with Crippen molar-refractivity contribution in [3.63, 3.8) is 0 Å². The first-order valence-corrected chi connectivity index (χ1v) is 7.96. The molecule has 1 saturated heterocycles. The summed E-state index contributed by atoms with van der Waals surface area (Å²) in [7, 11) is 0. The second-order valence-electron chi connectivity index (χ2n) is 6.03. The average Bonchev–Trinajstić information content (AvgIpc) is 2.99. The van der Waals surface area contributed by atoms with E-state index < -0.39 is 24.2 Å². The molecule has 1 heterocycles. The molecule has 2 fully saturated rings. The van der Waals surface area contributed by atoms with Crippen molar-refractivity contribution >= 4 is 17.4 Å². The number of rotatable bonds is 6. The molecule has 5 heteroatoms. The average molecular weight is 315 g/mol. The van der Waals surface area contributed by atoms with E-state index in [9.17, 15) is 14.7 Å². The van der Waals surface area contributed by atoms with Crippen molar-refractivity contribution in [3.8, 4) is 0 Å². The Balaban J connectivity index is 1.85. The summed E-state index contributed by atoms with van der Waals surface area (Å²) in [5.41, 5.74) is 0.713. The van der Waals surface area contributed by atoms with E-state index in [1.807, 2.05) is 30.3 Å². The number of para-hydroxylation sites is 1. The fourth-order valence-corrected chi connectivity index (χ4v) is 3.49. The number of carbonyl (C=O) groups is 2. The maximum Gasteiger partial charge on any atom is 0.258 e. The van der Waals surface area contributed by atoms with Crippen molar-refractivity contribution in [1.29, 1.82) is 0 Å². The van der Waals surface area contributed by atoms with Gasteiger partial charge in [-0.2, -0.15) is 0 Å². The Hall–Kier alpha value is -1.98. The van der Waals surface area contributed by atoms with Gasteiger partial charge >= 0.3 is 0 Å². The van der Waals surface area contributed by atoms with Crippen LogP contribution in [0.4, 0.5) is 5.69 Å². The maximum absolute atomic E-state index is 12.4. The molecule has 1 N–H and O–H groups in total. The molecule has 4 atom stereocenters. The number of anilines is 1. The molecule has 1 saturated carbocycles. The van der Waals surface area contributed by atoms with Crippen LogP contribution >= 0.6 is 0 Å². The van der Waals surface area contributed by atoms with E-state index >= 15 is 0 Å². The second kappa shape index (κ2) is 6.64. The number of hydrogen-bond acceptors (Lipinski definition) is 4. The van der Waals surface area contributed by atoms with Crippen molar-refractivity contribution in [2.75, 3.05) is 11.5 Å². The normalized spacial score (nSPS) is 28.6. The Bertz CT molecular complexity index is 600. The highest BCUT2D eigenvalue weighted by Gasteiger charge is 2.55. The lowest BCUT2D eigenvalue weighted by molar-refractivity contribution is -0.149. The summed E-state index contributed by atoms with van der Waals surface area (Å²) < 4.78 is 5.54. The van der Waals surface area contributed by atoms with Crippen LogP contribution < -0.4 is 4.90 Å². The summed E-state index contributed by atoms with van der Waals surface area (Å²) in [6, 6.07) is 8.65. The first kappa shape index (κ1) is 15.9. The molecular formula is C18H21NO4. The van der Waals surface area contributed by atoms with Gasteiger partial charge in [0.15, 0.2) is 6.10 Å². The topological polar surface area (TPSA) is 66.8 Å². The van der Waals surface area contributed by atoms with Gasteiger partial charge in [0.1, 0.15) is 5.78 Å². The number of ether oxygens (including phenoxy) is 1. The summed E-state index contributed by atoms with van der Waals surface area (Å²) >= 11 is 0. The number of nitrogens with zero attached hydrogens (tertiary/aromatic N) is 1. The van der Waals surface area contributed by atoms with E-state index in [1.165, 1.54) is 0 Å². The minimum absolute atomic E-state index is 0.0762. The van der Waals surface area contributed by atoms with Crippen LogP contribution in [0.3, 0.4) is 0 Å². The van der Waals surface area contributed by atoms with Crippen LogP contribution in [0.1, 0.15) is 19.3 Å². The Morgan fingerprint density at radius 2 is 2.09 bits per heavy atom. The van der Waals surface area contributed by atoms with E-state index in [0.717, 1.165) is 6.42 Å². The largest absolute Gasteiger partial charge is 0.390 e. The molecule has 0 spiro atoms. The van der Waals surface area contributed by atoms with Crippen LogP contribution in [0.2, 0.25) is 0 Å². The van der Waals surface area contributed by atoms with Crippen LogP contribution in [0, 0.1) is 5.92 Å². The number of β-lactam (4-membered cyclic amide) rings is 1. The standard InChI is InChI=1S/C18H21NO4/c1-2-11-23-17-15(16(21)13-9-6-10-14(13)20)19(18(17)22)12-7-4-3-5-8-12/h2-5,7-8,13,15-17,21H,1,6,9-11H2/t13-,15-,16+,17+/m0/s1. The van der Waals surface area contributed by atoms with E-state index in [2.05, 4.69) is 6.58 Å². The minimum atomic E-state index is -0.905. The van der Waals surface area contributed by atoms with Crippen molar-refractivity contribution < 1.29 is 19.4 Å². The number of benzene rings is 1. The summed E-state index contributed by atoms with van der Waals surface area (Å²) in [6.45, 7) is 3.82. The molecule has 1 aromatic carbocycles. The zero-order chi connectivity index (χ0) is 16.4. The smallest absolute Gasteiger partial charge is 0.258 e. The summed E-state index contributed by atoms with van der Waals surface area (Å²) in [6.07, 6.45) is 1.91. The number of hydrogen-bond donors (Lipinski definition) is 1. The highest BCUT2D eigenvalue weighted by molar-refractivity contribution is 6.05. The number of amides is 1. The molecule has 23 heavy (non-hydrogen) atoms. The van der Waals surface area contributed by atoms with Gasteiger partial charge in [-0.15, -0.1) is 6.58 Å². The minimum Gasteiger partial charge on any atom is -0.390 e. The van der Waals surface area contributed by atoms with Gasteiger partial charge in [0, 0.05) is 18.0 Å². The van der Waals surface area contributed by atoms with Crippen molar-refractivity contribution in [3.05, 3.63) is 43.0 Å². The lowest BCUT2D eigenvalue weighted by atomic mass is 9.83. The summed E-state index contributed by atoms with van der Waals surface area (Å²) in [5, 5.41) is 10.7. The van der Waals surface area contributed by atoms with Gasteiger partial charge < -0.3 is 14.7 Å². The van der Waals surface area contributed by atoms with Crippen molar-refractivity contribution in [1.82, 2.24) is 0 Å². The molecule has 1 aliphatic carbocycles. The van der Waals surface area contributed by atoms with E-state index in [-0.39, 0.29) is 18.3 Å². The molecule has 2 aliphatic rings. The Labute approximate surface area is 135 Å². The molecule has 1 aliphatic heterocycles. The number of aliphatic hydroxyl groups is 1. The van der Waals surface area contributed by atoms with Gasteiger partial charge in [-0.05, 0) is 25.0 Å². The molecule has 0 aromatic heterocycles. The predicted octanol–water partition coefficient (Wildman–Crippen LogP) is 1.70. The molecule has 1 amide bonds.